The van der Waals surface area contributed by atoms with Crippen molar-refractivity contribution in [1.29, 1.82) is 0 Å². The van der Waals surface area contributed by atoms with E-state index in [0.717, 1.165) is 0 Å². The van der Waals surface area contributed by atoms with Crippen LogP contribution < -0.4 is 5.73 Å². The maximum atomic E-state index is 13.5. The first-order valence-electron chi connectivity index (χ1n) is 5.93. The van der Waals surface area contributed by atoms with E-state index in [0.29, 0.717) is 16.5 Å². The van der Waals surface area contributed by atoms with Crippen molar-refractivity contribution in [3.05, 3.63) is 34.1 Å². The number of hydrogen-bond donors (Lipinski definition) is 2. The molecule has 100 valence electrons. The Morgan fingerprint density at radius 3 is 2.89 bits per heavy atom. The Labute approximate surface area is 114 Å². The standard InChI is InChI=1S/C13H17BrFNO2/c1-8-2-10(6-17)13(16,7-18-8)9-3-11(14)5-12(15)4-9/h3-5,8,10,17H,2,6-7,16H2,1H3/t8-,10-,13+/m0/s1. The number of nitrogens with two attached hydrogens (primary N) is 1. The summed E-state index contributed by atoms with van der Waals surface area (Å²) in [5.74, 6) is -0.477. The fraction of sp³-hybridized carbons (Fsp3) is 0.538. The molecule has 0 radical (unpaired) electrons. The molecule has 2 rings (SSSR count). The van der Waals surface area contributed by atoms with Gasteiger partial charge in [-0.3, -0.25) is 0 Å². The maximum absolute atomic E-state index is 13.5. The van der Waals surface area contributed by atoms with Crippen molar-refractivity contribution in [2.24, 2.45) is 11.7 Å². The molecule has 0 saturated carbocycles. The minimum Gasteiger partial charge on any atom is -0.396 e. The van der Waals surface area contributed by atoms with E-state index < -0.39 is 5.54 Å². The van der Waals surface area contributed by atoms with E-state index in [9.17, 15) is 9.50 Å². The molecule has 0 aromatic heterocycles. The molecular weight excluding hydrogens is 301 g/mol. The predicted octanol–water partition coefficient (Wildman–Crippen LogP) is 2.16. The molecule has 18 heavy (non-hydrogen) atoms. The zero-order chi connectivity index (χ0) is 13.3. The van der Waals surface area contributed by atoms with Crippen molar-refractivity contribution in [3.8, 4) is 0 Å². The fourth-order valence-electron chi connectivity index (χ4n) is 2.46. The number of hydrogen-bond acceptors (Lipinski definition) is 3. The Kier molecular flexibility index (Phi) is 4.06. The molecule has 1 aliphatic rings. The lowest BCUT2D eigenvalue weighted by molar-refractivity contribution is -0.0670. The zero-order valence-corrected chi connectivity index (χ0v) is 11.8. The molecular formula is C13H17BrFNO2. The Balaban J connectivity index is 2.39. The van der Waals surface area contributed by atoms with Crippen molar-refractivity contribution >= 4 is 15.9 Å². The van der Waals surface area contributed by atoms with Gasteiger partial charge in [0, 0.05) is 17.0 Å². The van der Waals surface area contributed by atoms with Gasteiger partial charge in [0.05, 0.1) is 18.2 Å². The number of benzene rings is 1. The van der Waals surface area contributed by atoms with E-state index in [1.807, 2.05) is 6.92 Å². The monoisotopic (exact) mass is 317 g/mol. The van der Waals surface area contributed by atoms with Gasteiger partial charge in [-0.25, -0.2) is 4.39 Å². The molecule has 1 saturated heterocycles. The first kappa shape index (κ1) is 13.9. The minimum absolute atomic E-state index is 0.0294. The molecule has 3 nitrogen and oxygen atoms in total. The van der Waals surface area contributed by atoms with E-state index in [-0.39, 0.29) is 31.1 Å². The van der Waals surface area contributed by atoms with Gasteiger partial charge in [0.2, 0.25) is 0 Å². The maximum Gasteiger partial charge on any atom is 0.124 e. The molecule has 1 fully saturated rings. The van der Waals surface area contributed by atoms with Crippen molar-refractivity contribution in [1.82, 2.24) is 0 Å². The summed E-state index contributed by atoms with van der Waals surface area (Å²) in [6, 6.07) is 4.57. The van der Waals surface area contributed by atoms with Gasteiger partial charge in [0.25, 0.3) is 0 Å². The highest BCUT2D eigenvalue weighted by atomic mass is 79.9. The second-order valence-electron chi connectivity index (χ2n) is 4.94. The lowest BCUT2D eigenvalue weighted by Crippen LogP contribution is -2.54. The highest BCUT2D eigenvalue weighted by Gasteiger charge is 2.41. The molecule has 3 N–H and O–H groups in total. The molecule has 0 bridgehead atoms. The third kappa shape index (κ3) is 2.59. The lowest BCUT2D eigenvalue weighted by atomic mass is 9.75. The van der Waals surface area contributed by atoms with Crippen molar-refractivity contribution in [2.75, 3.05) is 13.2 Å². The number of aliphatic hydroxyl groups is 1. The van der Waals surface area contributed by atoms with Gasteiger partial charge in [0.1, 0.15) is 5.82 Å². The fourth-order valence-corrected chi connectivity index (χ4v) is 2.92. The van der Waals surface area contributed by atoms with Gasteiger partial charge >= 0.3 is 0 Å². The van der Waals surface area contributed by atoms with E-state index in [4.69, 9.17) is 10.5 Å². The Morgan fingerprint density at radius 2 is 2.28 bits per heavy atom. The second-order valence-corrected chi connectivity index (χ2v) is 5.85. The van der Waals surface area contributed by atoms with Crippen LogP contribution in [0.3, 0.4) is 0 Å². The Hall–Kier alpha value is -0.490. The zero-order valence-electron chi connectivity index (χ0n) is 10.2. The summed E-state index contributed by atoms with van der Waals surface area (Å²) in [4.78, 5) is 0. The van der Waals surface area contributed by atoms with Crippen molar-refractivity contribution in [3.63, 3.8) is 0 Å². The SMILES string of the molecule is C[C@H]1C[C@@H](CO)[C@](N)(c2cc(F)cc(Br)c2)CO1. The van der Waals surface area contributed by atoms with Crippen LogP contribution in [0.4, 0.5) is 4.39 Å². The second kappa shape index (κ2) is 5.25. The summed E-state index contributed by atoms with van der Waals surface area (Å²) >= 11 is 3.26. The van der Waals surface area contributed by atoms with Gasteiger partial charge < -0.3 is 15.6 Å². The summed E-state index contributed by atoms with van der Waals surface area (Å²) in [5, 5.41) is 9.50. The summed E-state index contributed by atoms with van der Waals surface area (Å²) in [7, 11) is 0. The lowest BCUT2D eigenvalue weighted by Gasteiger charge is -2.43. The van der Waals surface area contributed by atoms with Gasteiger partial charge in [-0.2, -0.15) is 0 Å². The van der Waals surface area contributed by atoms with Crippen molar-refractivity contribution < 1.29 is 14.2 Å². The van der Waals surface area contributed by atoms with E-state index in [1.165, 1.54) is 12.1 Å². The molecule has 0 amide bonds. The van der Waals surface area contributed by atoms with Crippen LogP contribution >= 0.6 is 15.9 Å². The molecule has 0 spiro atoms. The molecule has 5 heteroatoms. The molecule has 0 aliphatic carbocycles. The molecule has 1 aliphatic heterocycles. The average molecular weight is 318 g/mol. The Bertz CT molecular complexity index is 423. The minimum atomic E-state index is -0.841. The van der Waals surface area contributed by atoms with Crippen LogP contribution in [0.1, 0.15) is 18.9 Å². The summed E-state index contributed by atoms with van der Waals surface area (Å²) < 4.78 is 19.7. The van der Waals surface area contributed by atoms with Crippen LogP contribution in [0.15, 0.2) is 22.7 Å². The van der Waals surface area contributed by atoms with Crippen molar-refractivity contribution in [2.45, 2.75) is 25.0 Å². The smallest absolute Gasteiger partial charge is 0.124 e. The highest BCUT2D eigenvalue weighted by Crippen LogP contribution is 2.36. The van der Waals surface area contributed by atoms with E-state index in [2.05, 4.69) is 15.9 Å². The molecule has 1 aromatic rings. The van der Waals surface area contributed by atoms with Gasteiger partial charge in [0.15, 0.2) is 0 Å². The predicted molar refractivity (Wildman–Crippen MR) is 70.6 cm³/mol. The van der Waals surface area contributed by atoms with Crippen LogP contribution in [0.25, 0.3) is 0 Å². The van der Waals surface area contributed by atoms with Gasteiger partial charge in [-0.15, -0.1) is 0 Å². The first-order valence-corrected chi connectivity index (χ1v) is 6.73. The van der Waals surface area contributed by atoms with Crippen LogP contribution in [-0.4, -0.2) is 24.4 Å². The van der Waals surface area contributed by atoms with E-state index >= 15 is 0 Å². The van der Waals surface area contributed by atoms with E-state index in [1.54, 1.807) is 6.07 Å². The number of ether oxygens (including phenoxy) is 1. The van der Waals surface area contributed by atoms with Gasteiger partial charge in [-0.05, 0) is 37.1 Å². The summed E-state index contributed by atoms with van der Waals surface area (Å²) in [6.45, 7) is 2.21. The largest absolute Gasteiger partial charge is 0.396 e. The third-order valence-electron chi connectivity index (χ3n) is 3.57. The molecule has 1 heterocycles. The van der Waals surface area contributed by atoms with Crippen LogP contribution in [0.2, 0.25) is 0 Å². The van der Waals surface area contributed by atoms with Crippen LogP contribution in [-0.2, 0) is 10.3 Å². The summed E-state index contributed by atoms with van der Waals surface area (Å²) in [5.41, 5.74) is 6.17. The quantitative estimate of drug-likeness (QED) is 0.879. The molecule has 0 unspecified atom stereocenters. The normalized spacial score (nSPS) is 32.5. The third-order valence-corrected chi connectivity index (χ3v) is 4.03. The van der Waals surface area contributed by atoms with Crippen LogP contribution in [0.5, 0.6) is 0 Å². The number of halogens is 2. The molecule has 1 aromatic carbocycles. The van der Waals surface area contributed by atoms with Gasteiger partial charge in [-0.1, -0.05) is 15.9 Å². The first-order chi connectivity index (χ1) is 8.45. The number of aliphatic hydroxyl groups excluding tert-OH is 1. The highest BCUT2D eigenvalue weighted by molar-refractivity contribution is 9.10. The Morgan fingerprint density at radius 1 is 1.56 bits per heavy atom. The molecule has 3 atom stereocenters. The average Bonchev–Trinajstić information content (AvgIpc) is 2.31. The van der Waals surface area contributed by atoms with Crippen LogP contribution in [0, 0.1) is 11.7 Å². The topological polar surface area (TPSA) is 55.5 Å². The summed E-state index contributed by atoms with van der Waals surface area (Å²) in [6.07, 6.45) is 0.733. The number of rotatable bonds is 2.